The summed E-state index contributed by atoms with van der Waals surface area (Å²) >= 11 is 3.48. The Morgan fingerprint density at radius 3 is 2.72 bits per heavy atom. The predicted molar refractivity (Wildman–Crippen MR) is 76.9 cm³/mol. The Bertz CT molecular complexity index is 481. The number of rotatable bonds is 4. The van der Waals surface area contributed by atoms with Gasteiger partial charge in [-0.05, 0) is 43.0 Å². The summed E-state index contributed by atoms with van der Waals surface area (Å²) in [6.45, 7) is 0. The number of anilines is 1. The second-order valence-corrected chi connectivity index (χ2v) is 5.43. The maximum Gasteiger partial charge on any atom is 0.328 e. The van der Waals surface area contributed by atoms with Gasteiger partial charge in [0.2, 0.25) is 0 Å². The Labute approximate surface area is 115 Å². The summed E-state index contributed by atoms with van der Waals surface area (Å²) in [4.78, 5) is 12.8. The van der Waals surface area contributed by atoms with Crippen LogP contribution in [0.25, 0.3) is 6.08 Å². The van der Waals surface area contributed by atoms with Crippen LogP contribution in [0.1, 0.15) is 24.8 Å². The van der Waals surface area contributed by atoms with Gasteiger partial charge < -0.3 is 10.0 Å². The van der Waals surface area contributed by atoms with Crippen LogP contribution in [0, 0.1) is 0 Å². The maximum absolute atomic E-state index is 10.5. The molecule has 1 aromatic rings. The number of hydrogen-bond donors (Lipinski definition) is 1. The van der Waals surface area contributed by atoms with Gasteiger partial charge in [0.05, 0.1) is 0 Å². The number of aliphatic carboxylic acids is 1. The quantitative estimate of drug-likeness (QED) is 0.865. The fourth-order valence-electron chi connectivity index (χ4n) is 2.02. The Morgan fingerprint density at radius 1 is 1.50 bits per heavy atom. The van der Waals surface area contributed by atoms with E-state index in [0.29, 0.717) is 6.04 Å². The average molecular weight is 310 g/mol. The molecule has 0 heterocycles. The van der Waals surface area contributed by atoms with Crippen LogP contribution in [0.15, 0.2) is 28.7 Å². The van der Waals surface area contributed by atoms with Crippen molar-refractivity contribution in [2.45, 2.75) is 25.3 Å². The molecule has 1 N–H and O–H groups in total. The van der Waals surface area contributed by atoms with Crippen molar-refractivity contribution in [3.05, 3.63) is 34.3 Å². The van der Waals surface area contributed by atoms with Gasteiger partial charge in [0.15, 0.2) is 0 Å². The molecule has 0 atom stereocenters. The van der Waals surface area contributed by atoms with E-state index in [9.17, 15) is 4.79 Å². The molecule has 1 aliphatic rings. The van der Waals surface area contributed by atoms with E-state index in [4.69, 9.17) is 5.11 Å². The van der Waals surface area contributed by atoms with Crippen LogP contribution in [0.3, 0.4) is 0 Å². The molecule has 0 amide bonds. The lowest BCUT2D eigenvalue weighted by molar-refractivity contribution is -0.131. The van der Waals surface area contributed by atoms with Crippen LogP contribution < -0.4 is 4.90 Å². The first-order chi connectivity index (χ1) is 8.58. The monoisotopic (exact) mass is 309 g/mol. The van der Waals surface area contributed by atoms with Crippen molar-refractivity contribution in [1.29, 1.82) is 0 Å². The van der Waals surface area contributed by atoms with Gasteiger partial charge in [0, 0.05) is 29.3 Å². The number of carbonyl (C=O) groups is 1. The minimum Gasteiger partial charge on any atom is -0.478 e. The van der Waals surface area contributed by atoms with Gasteiger partial charge in [0.1, 0.15) is 0 Å². The minimum absolute atomic E-state index is 0.650. The molecule has 1 fully saturated rings. The smallest absolute Gasteiger partial charge is 0.328 e. The molecule has 1 saturated carbocycles. The largest absolute Gasteiger partial charge is 0.478 e. The third-order valence-electron chi connectivity index (χ3n) is 3.42. The van der Waals surface area contributed by atoms with Crippen molar-refractivity contribution in [1.82, 2.24) is 0 Å². The zero-order valence-corrected chi connectivity index (χ0v) is 11.9. The predicted octanol–water partition coefficient (Wildman–Crippen LogP) is 3.54. The number of carboxylic acid groups (broad SMARTS) is 1. The number of halogens is 1. The van der Waals surface area contributed by atoms with E-state index in [1.807, 2.05) is 18.2 Å². The van der Waals surface area contributed by atoms with Crippen LogP contribution in [0.5, 0.6) is 0 Å². The third kappa shape index (κ3) is 2.93. The van der Waals surface area contributed by atoms with Gasteiger partial charge in [-0.1, -0.05) is 22.0 Å². The lowest BCUT2D eigenvalue weighted by Gasteiger charge is -2.36. The minimum atomic E-state index is -0.933. The van der Waals surface area contributed by atoms with Crippen LogP contribution in [-0.2, 0) is 4.79 Å². The normalized spacial score (nSPS) is 15.7. The molecule has 96 valence electrons. The van der Waals surface area contributed by atoms with Gasteiger partial charge in [-0.3, -0.25) is 0 Å². The van der Waals surface area contributed by atoms with E-state index in [1.165, 1.54) is 24.9 Å². The molecule has 4 heteroatoms. The topological polar surface area (TPSA) is 40.5 Å². The zero-order chi connectivity index (χ0) is 13.1. The highest BCUT2D eigenvalue weighted by molar-refractivity contribution is 9.10. The lowest BCUT2D eigenvalue weighted by atomic mass is 9.91. The van der Waals surface area contributed by atoms with Gasteiger partial charge in [-0.25, -0.2) is 4.79 Å². The van der Waals surface area contributed by atoms with Crippen molar-refractivity contribution in [3.8, 4) is 0 Å². The fourth-order valence-corrected chi connectivity index (χ4v) is 2.52. The molecule has 2 rings (SSSR count). The van der Waals surface area contributed by atoms with Crippen molar-refractivity contribution in [3.63, 3.8) is 0 Å². The van der Waals surface area contributed by atoms with Crippen LogP contribution >= 0.6 is 15.9 Å². The second-order valence-electron chi connectivity index (χ2n) is 4.57. The maximum atomic E-state index is 10.5. The van der Waals surface area contributed by atoms with Crippen LogP contribution in [0.2, 0.25) is 0 Å². The lowest BCUT2D eigenvalue weighted by Crippen LogP contribution is -2.37. The number of nitrogens with zero attached hydrogens (tertiary/aromatic N) is 1. The highest BCUT2D eigenvalue weighted by atomic mass is 79.9. The molecule has 0 bridgehead atoms. The summed E-state index contributed by atoms with van der Waals surface area (Å²) in [6.07, 6.45) is 6.58. The van der Waals surface area contributed by atoms with Crippen molar-refractivity contribution in [2.24, 2.45) is 0 Å². The van der Waals surface area contributed by atoms with Crippen molar-refractivity contribution >= 4 is 33.7 Å². The molecule has 0 unspecified atom stereocenters. The van der Waals surface area contributed by atoms with Gasteiger partial charge in [0.25, 0.3) is 0 Å². The zero-order valence-electron chi connectivity index (χ0n) is 10.3. The molecule has 0 saturated heterocycles. The summed E-state index contributed by atoms with van der Waals surface area (Å²) in [5, 5.41) is 8.61. The molecule has 18 heavy (non-hydrogen) atoms. The average Bonchev–Trinajstić information content (AvgIpc) is 2.24. The molecule has 0 spiro atoms. The summed E-state index contributed by atoms with van der Waals surface area (Å²) in [5.74, 6) is -0.933. The molecular formula is C14H16BrNO2. The summed E-state index contributed by atoms with van der Waals surface area (Å²) in [7, 11) is 2.11. The SMILES string of the molecule is CN(c1ccc(/C=C/C(=O)O)c(Br)c1)C1CCC1. The van der Waals surface area contributed by atoms with E-state index in [0.717, 1.165) is 16.1 Å². The van der Waals surface area contributed by atoms with Gasteiger partial charge in [-0.15, -0.1) is 0 Å². The van der Waals surface area contributed by atoms with Crippen molar-refractivity contribution in [2.75, 3.05) is 11.9 Å². The highest BCUT2D eigenvalue weighted by Gasteiger charge is 2.22. The molecular weight excluding hydrogens is 294 g/mol. The Hall–Kier alpha value is -1.29. The molecule has 0 aromatic heterocycles. The second kappa shape index (κ2) is 5.57. The summed E-state index contributed by atoms with van der Waals surface area (Å²) < 4.78 is 0.920. The summed E-state index contributed by atoms with van der Waals surface area (Å²) in [6, 6.07) is 6.66. The Morgan fingerprint density at radius 2 is 2.22 bits per heavy atom. The van der Waals surface area contributed by atoms with Crippen molar-refractivity contribution < 1.29 is 9.90 Å². The van der Waals surface area contributed by atoms with Crippen LogP contribution in [-0.4, -0.2) is 24.2 Å². The third-order valence-corrected chi connectivity index (χ3v) is 4.11. The first kappa shape index (κ1) is 13.1. The van der Waals surface area contributed by atoms with E-state index in [-0.39, 0.29) is 0 Å². The fraction of sp³-hybridized carbons (Fsp3) is 0.357. The van der Waals surface area contributed by atoms with E-state index < -0.39 is 5.97 Å². The van der Waals surface area contributed by atoms with Crippen LogP contribution in [0.4, 0.5) is 5.69 Å². The Kier molecular flexibility index (Phi) is 4.07. The standard InChI is InChI=1S/C14H16BrNO2/c1-16(11-3-2-4-11)12-7-5-10(13(15)9-12)6-8-14(17)18/h5-9,11H,2-4H2,1H3,(H,17,18)/b8-6+. The van der Waals surface area contributed by atoms with Gasteiger partial charge in [-0.2, -0.15) is 0 Å². The molecule has 0 aliphatic heterocycles. The first-order valence-corrected chi connectivity index (χ1v) is 6.80. The molecule has 3 nitrogen and oxygen atoms in total. The number of benzene rings is 1. The van der Waals surface area contributed by atoms with Gasteiger partial charge >= 0.3 is 5.97 Å². The Balaban J connectivity index is 2.16. The van der Waals surface area contributed by atoms with E-state index in [2.05, 4.69) is 27.9 Å². The van der Waals surface area contributed by atoms with E-state index >= 15 is 0 Å². The molecule has 0 radical (unpaired) electrons. The highest BCUT2D eigenvalue weighted by Crippen LogP contribution is 2.31. The number of carboxylic acids is 1. The summed E-state index contributed by atoms with van der Waals surface area (Å²) in [5.41, 5.74) is 2.04. The molecule has 1 aliphatic carbocycles. The number of hydrogen-bond acceptors (Lipinski definition) is 2. The van der Waals surface area contributed by atoms with E-state index in [1.54, 1.807) is 6.08 Å². The first-order valence-electron chi connectivity index (χ1n) is 6.01. The molecule has 1 aromatic carbocycles.